The van der Waals surface area contributed by atoms with Crippen LogP contribution in [0.1, 0.15) is 51.6 Å². The first-order valence-electron chi connectivity index (χ1n) is 13.7. The van der Waals surface area contributed by atoms with Gasteiger partial charge in [0.15, 0.2) is 11.9 Å². The number of fused-ring (bicyclic) bond motifs is 8. The van der Waals surface area contributed by atoms with E-state index in [2.05, 4.69) is 0 Å². The maximum absolute atomic E-state index is 13.0. The molecule has 3 saturated heterocycles. The third-order valence-electron chi connectivity index (χ3n) is 9.27. The van der Waals surface area contributed by atoms with Crippen molar-refractivity contribution in [2.45, 2.75) is 62.2 Å². The number of hydrogen-bond donors (Lipinski definition) is 1. The molecule has 5 atom stereocenters. The predicted molar refractivity (Wildman–Crippen MR) is 141 cm³/mol. The summed E-state index contributed by atoms with van der Waals surface area (Å²) in [5, 5.41) is 12.7. The van der Waals surface area contributed by atoms with E-state index in [1.54, 1.807) is 14.2 Å². The molecule has 3 aromatic rings. The quantitative estimate of drug-likeness (QED) is 0.454. The molecular weight excluding hydrogens is 516 g/mol. The van der Waals surface area contributed by atoms with E-state index in [9.17, 15) is 9.90 Å². The minimum Gasteiger partial charge on any atom is -0.506 e. The molecule has 1 N–H and O–H groups in total. The molecule has 8 rings (SSSR count). The van der Waals surface area contributed by atoms with Crippen molar-refractivity contribution in [1.82, 2.24) is 0 Å². The van der Waals surface area contributed by atoms with Gasteiger partial charge in [-0.25, -0.2) is 0 Å². The van der Waals surface area contributed by atoms with Gasteiger partial charge in [-0.3, -0.25) is 4.79 Å². The van der Waals surface area contributed by atoms with Crippen molar-refractivity contribution in [3.63, 3.8) is 0 Å². The number of hydrogen-bond acceptors (Lipinski definition) is 9. The molecule has 1 aliphatic carbocycles. The lowest BCUT2D eigenvalue weighted by molar-refractivity contribution is -0.297. The summed E-state index contributed by atoms with van der Waals surface area (Å²) in [4.78, 5) is 13.0. The normalized spacial score (nSPS) is 32.7. The van der Waals surface area contributed by atoms with Gasteiger partial charge >= 0.3 is 0 Å². The SMILES string of the molecule is COc1c2c(c(O)c3c4c(c(C)cc13)C1O[C@]3(COCc5ccccc5)O[C@H]1[C@@](OC)(O4)[C@@]31CO1)C(=O)CCC2. The highest BCUT2D eigenvalue weighted by atomic mass is 16.9. The van der Waals surface area contributed by atoms with Crippen molar-refractivity contribution in [2.24, 2.45) is 0 Å². The highest BCUT2D eigenvalue weighted by molar-refractivity contribution is 6.11. The fraction of sp³-hybridized carbons (Fsp3) is 0.452. The predicted octanol–water partition coefficient (Wildman–Crippen LogP) is 4.27. The summed E-state index contributed by atoms with van der Waals surface area (Å²) in [5.74, 6) is -1.81. The Morgan fingerprint density at radius 1 is 1.12 bits per heavy atom. The fourth-order valence-corrected chi connectivity index (χ4v) is 7.45. The first-order chi connectivity index (χ1) is 19.4. The average molecular weight is 547 g/mol. The molecule has 9 heteroatoms. The fourth-order valence-electron chi connectivity index (χ4n) is 7.45. The van der Waals surface area contributed by atoms with Crippen LogP contribution in [0, 0.1) is 6.92 Å². The number of methoxy groups -OCH3 is 2. The van der Waals surface area contributed by atoms with Gasteiger partial charge in [0.2, 0.25) is 11.4 Å². The van der Waals surface area contributed by atoms with Crippen LogP contribution in [-0.4, -0.2) is 61.6 Å². The van der Waals surface area contributed by atoms with Crippen LogP contribution in [0.2, 0.25) is 0 Å². The molecule has 40 heavy (non-hydrogen) atoms. The van der Waals surface area contributed by atoms with Crippen molar-refractivity contribution in [3.05, 3.63) is 64.2 Å². The van der Waals surface area contributed by atoms with Crippen LogP contribution in [-0.2, 0) is 36.7 Å². The number of carbonyl (C=O) groups is 1. The second kappa shape index (κ2) is 8.18. The van der Waals surface area contributed by atoms with Crippen molar-refractivity contribution >= 4 is 16.6 Å². The zero-order valence-corrected chi connectivity index (χ0v) is 22.6. The molecule has 4 aliphatic heterocycles. The standard InChI is InChI=1S/C31H30O9/c1-16-12-19-23(24(33)22-18(25(19)34-2)10-7-11-20(22)32)26-21(16)27-28-31(35-3,39-26)29(14-37-29)30(38-27,40-28)15-36-13-17-8-5-4-6-9-17/h4-6,8-9,12,27-28,33H,7,10-11,13-15H2,1-3H3/t27?,28-,29-,30-,31-/m1/s1. The molecule has 0 saturated carbocycles. The second-order valence-corrected chi connectivity index (χ2v) is 11.3. The number of phenolic OH excluding ortho intramolecular Hbond substituents is 1. The number of epoxide rings is 1. The molecule has 1 unspecified atom stereocenters. The third kappa shape index (κ3) is 2.81. The van der Waals surface area contributed by atoms with Crippen LogP contribution in [0.15, 0.2) is 36.4 Å². The summed E-state index contributed by atoms with van der Waals surface area (Å²) in [5.41, 5.74) is 2.64. The van der Waals surface area contributed by atoms with E-state index in [1.165, 1.54) is 0 Å². The van der Waals surface area contributed by atoms with E-state index >= 15 is 0 Å². The lowest BCUT2D eigenvalue weighted by Crippen LogP contribution is -2.68. The Morgan fingerprint density at radius 3 is 2.65 bits per heavy atom. The van der Waals surface area contributed by atoms with E-state index < -0.39 is 29.4 Å². The van der Waals surface area contributed by atoms with E-state index in [-0.39, 0.29) is 18.1 Å². The number of benzene rings is 3. The van der Waals surface area contributed by atoms with Crippen LogP contribution in [0.4, 0.5) is 0 Å². The van der Waals surface area contributed by atoms with Crippen LogP contribution < -0.4 is 9.47 Å². The molecule has 2 bridgehead atoms. The number of aromatic hydroxyl groups is 1. The number of carbonyl (C=O) groups excluding carboxylic acids is 1. The molecule has 208 valence electrons. The lowest BCUT2D eigenvalue weighted by Gasteiger charge is -2.48. The zero-order chi connectivity index (χ0) is 27.4. The van der Waals surface area contributed by atoms with Crippen molar-refractivity contribution in [2.75, 3.05) is 27.4 Å². The summed E-state index contributed by atoms with van der Waals surface area (Å²) >= 11 is 0. The first-order valence-corrected chi connectivity index (χ1v) is 13.7. The molecule has 0 amide bonds. The first kappa shape index (κ1) is 24.6. The Morgan fingerprint density at radius 2 is 1.93 bits per heavy atom. The van der Waals surface area contributed by atoms with Crippen molar-refractivity contribution < 1.29 is 43.1 Å². The van der Waals surface area contributed by atoms with Gasteiger partial charge in [-0.1, -0.05) is 30.3 Å². The number of rotatable bonds is 6. The van der Waals surface area contributed by atoms with Crippen LogP contribution >= 0.6 is 0 Å². The monoisotopic (exact) mass is 546 g/mol. The van der Waals surface area contributed by atoms with Gasteiger partial charge < -0.3 is 38.3 Å². The summed E-state index contributed by atoms with van der Waals surface area (Å²) < 4.78 is 44.4. The van der Waals surface area contributed by atoms with Crippen LogP contribution in [0.25, 0.3) is 10.8 Å². The Hall–Kier alpha value is -3.21. The Balaban J connectivity index is 1.28. The van der Waals surface area contributed by atoms with Gasteiger partial charge in [-0.2, -0.15) is 0 Å². The van der Waals surface area contributed by atoms with E-state index in [0.717, 1.165) is 22.3 Å². The second-order valence-electron chi connectivity index (χ2n) is 11.3. The molecular formula is C31H30O9. The van der Waals surface area contributed by atoms with Crippen LogP contribution in [0.3, 0.4) is 0 Å². The lowest BCUT2D eigenvalue weighted by atomic mass is 9.78. The number of ketones is 1. The Labute approximate surface area is 230 Å². The highest BCUT2D eigenvalue weighted by Gasteiger charge is 2.91. The number of Topliss-reactive ketones (excluding diaryl/α,β-unsaturated/α-hetero) is 1. The molecule has 1 spiro atoms. The minimum absolute atomic E-state index is 0.0992. The number of ether oxygens (including phenoxy) is 7. The molecule has 3 aromatic carbocycles. The summed E-state index contributed by atoms with van der Waals surface area (Å²) in [6.45, 7) is 2.77. The van der Waals surface area contributed by atoms with Gasteiger partial charge in [-0.15, -0.1) is 0 Å². The highest BCUT2D eigenvalue weighted by Crippen LogP contribution is 2.71. The van der Waals surface area contributed by atoms with Gasteiger partial charge in [0, 0.05) is 30.0 Å². The molecule has 5 aliphatic rings. The third-order valence-corrected chi connectivity index (χ3v) is 9.27. The minimum atomic E-state index is -1.35. The summed E-state index contributed by atoms with van der Waals surface area (Å²) in [6.07, 6.45) is 0.532. The van der Waals surface area contributed by atoms with Crippen molar-refractivity contribution in [3.8, 4) is 17.2 Å². The number of phenols is 1. The van der Waals surface area contributed by atoms with E-state index in [0.29, 0.717) is 60.3 Å². The van der Waals surface area contributed by atoms with Gasteiger partial charge in [0.05, 0.1) is 31.3 Å². The van der Waals surface area contributed by atoms with Gasteiger partial charge in [0.25, 0.3) is 5.79 Å². The molecule has 0 aromatic heterocycles. The van der Waals surface area contributed by atoms with Gasteiger partial charge in [-0.05, 0) is 37.0 Å². The molecule has 4 heterocycles. The molecule has 0 radical (unpaired) electrons. The van der Waals surface area contributed by atoms with E-state index in [1.807, 2.05) is 43.3 Å². The smallest absolute Gasteiger partial charge is 0.276 e. The zero-order valence-electron chi connectivity index (χ0n) is 22.6. The molecule has 3 fully saturated rings. The van der Waals surface area contributed by atoms with Gasteiger partial charge in [0.1, 0.15) is 30.0 Å². The maximum Gasteiger partial charge on any atom is 0.276 e. The number of aryl methyl sites for hydroxylation is 1. The average Bonchev–Trinajstić information content (AvgIpc) is 3.63. The Bertz CT molecular complexity index is 1580. The Kier molecular flexibility index (Phi) is 5.02. The largest absolute Gasteiger partial charge is 0.506 e. The molecule has 9 nitrogen and oxygen atoms in total. The summed E-state index contributed by atoms with van der Waals surface area (Å²) in [7, 11) is 3.15. The topological polar surface area (TPSA) is 105 Å². The summed E-state index contributed by atoms with van der Waals surface area (Å²) in [6, 6.07) is 11.9. The maximum atomic E-state index is 13.0. The van der Waals surface area contributed by atoms with E-state index in [4.69, 9.17) is 33.2 Å². The van der Waals surface area contributed by atoms with Crippen LogP contribution in [0.5, 0.6) is 17.2 Å². The van der Waals surface area contributed by atoms with Crippen molar-refractivity contribution in [1.29, 1.82) is 0 Å².